The highest BCUT2D eigenvalue weighted by Crippen LogP contribution is 2.15. The van der Waals surface area contributed by atoms with Crippen molar-refractivity contribution in [1.29, 1.82) is 0 Å². The summed E-state index contributed by atoms with van der Waals surface area (Å²) < 4.78 is 0. The molecule has 0 bridgehead atoms. The summed E-state index contributed by atoms with van der Waals surface area (Å²) in [7, 11) is 3.90. The largest absolute Gasteiger partial charge is 0.363 e. The molecule has 1 heterocycles. The molecule has 1 aromatic rings. The third-order valence-electron chi connectivity index (χ3n) is 1.82. The first-order valence-electron chi connectivity index (χ1n) is 4.30. The highest BCUT2D eigenvalue weighted by Gasteiger charge is 2.03. The number of aryl methyl sites for hydroxylation is 1. The Balaban J connectivity index is 2.84. The number of hydrogen-bond donors (Lipinski definition) is 0. The summed E-state index contributed by atoms with van der Waals surface area (Å²) in [5.74, 6) is 0.948. The van der Waals surface area contributed by atoms with Gasteiger partial charge in [0, 0.05) is 26.7 Å². The van der Waals surface area contributed by atoms with Crippen LogP contribution in [0.3, 0.4) is 0 Å². The van der Waals surface area contributed by atoms with Crippen LogP contribution in [0.2, 0.25) is 0 Å². The van der Waals surface area contributed by atoms with Crippen LogP contribution in [0, 0.1) is 0 Å². The van der Waals surface area contributed by atoms with E-state index in [-0.39, 0.29) is 0 Å². The molecule has 0 atom stereocenters. The van der Waals surface area contributed by atoms with E-state index in [1.54, 1.807) is 6.20 Å². The second-order valence-electron chi connectivity index (χ2n) is 3.09. The van der Waals surface area contributed by atoms with Gasteiger partial charge in [-0.05, 0) is 18.1 Å². The molecule has 0 spiro atoms. The zero-order valence-corrected chi connectivity index (χ0v) is 8.03. The Kier molecular flexibility index (Phi) is 3.43. The number of aromatic nitrogens is 1. The highest BCUT2D eigenvalue weighted by molar-refractivity contribution is 5.52. The van der Waals surface area contributed by atoms with Crippen LogP contribution >= 0.6 is 0 Å². The van der Waals surface area contributed by atoms with Crippen LogP contribution in [-0.4, -0.2) is 25.4 Å². The third kappa shape index (κ3) is 2.54. The van der Waals surface area contributed by atoms with E-state index in [0.29, 0.717) is 6.42 Å². The first-order valence-corrected chi connectivity index (χ1v) is 4.30. The lowest BCUT2D eigenvalue weighted by Crippen LogP contribution is -2.13. The Morgan fingerprint density at radius 3 is 2.92 bits per heavy atom. The lowest BCUT2D eigenvalue weighted by atomic mass is 10.1. The maximum atomic E-state index is 10.2. The van der Waals surface area contributed by atoms with Crippen LogP contribution in [0.1, 0.15) is 12.0 Å². The first-order chi connectivity index (χ1) is 6.25. The zero-order valence-electron chi connectivity index (χ0n) is 8.03. The fraction of sp³-hybridized carbons (Fsp3) is 0.400. The molecule has 1 aromatic heterocycles. The van der Waals surface area contributed by atoms with Gasteiger partial charge in [0.25, 0.3) is 0 Å². The summed E-state index contributed by atoms with van der Waals surface area (Å²) in [6.07, 6.45) is 4.03. The van der Waals surface area contributed by atoms with Crippen molar-refractivity contribution in [3.63, 3.8) is 0 Å². The van der Waals surface area contributed by atoms with E-state index >= 15 is 0 Å². The molecule has 13 heavy (non-hydrogen) atoms. The van der Waals surface area contributed by atoms with E-state index in [4.69, 9.17) is 0 Å². The summed E-state index contributed by atoms with van der Waals surface area (Å²) in [4.78, 5) is 16.4. The van der Waals surface area contributed by atoms with Gasteiger partial charge in [0.15, 0.2) is 0 Å². The van der Waals surface area contributed by atoms with Crippen LogP contribution in [-0.2, 0) is 11.2 Å². The Bertz CT molecular complexity index is 284. The summed E-state index contributed by atoms with van der Waals surface area (Å²) >= 11 is 0. The molecule has 0 aliphatic rings. The molecule has 0 aliphatic heterocycles. The number of carbonyl (C=O) groups is 1. The van der Waals surface area contributed by atoms with Crippen molar-refractivity contribution in [2.75, 3.05) is 19.0 Å². The third-order valence-corrected chi connectivity index (χ3v) is 1.82. The maximum Gasteiger partial charge on any atom is 0.131 e. The monoisotopic (exact) mass is 178 g/mol. The molecule has 1 rings (SSSR count). The van der Waals surface area contributed by atoms with Crippen molar-refractivity contribution in [3.05, 3.63) is 23.9 Å². The number of carbonyl (C=O) groups excluding carboxylic acids is 1. The fourth-order valence-electron chi connectivity index (χ4n) is 1.24. The van der Waals surface area contributed by atoms with E-state index in [1.807, 2.05) is 31.1 Å². The number of anilines is 1. The van der Waals surface area contributed by atoms with E-state index in [1.165, 1.54) is 0 Å². The Labute approximate surface area is 78.4 Å². The highest BCUT2D eigenvalue weighted by atomic mass is 16.1. The molecule has 0 saturated carbocycles. The van der Waals surface area contributed by atoms with Gasteiger partial charge in [-0.15, -0.1) is 0 Å². The predicted octanol–water partition coefficient (Wildman–Crippen LogP) is 1.28. The Hall–Kier alpha value is -1.38. The summed E-state index contributed by atoms with van der Waals surface area (Å²) in [5.41, 5.74) is 1.12. The molecular weight excluding hydrogens is 164 g/mol. The molecule has 0 fully saturated rings. The van der Waals surface area contributed by atoms with E-state index in [9.17, 15) is 4.79 Å². The standard InChI is InChI=1S/C10H14N2O/c1-12(2)10-9(6-4-8-13)5-3-7-11-10/h3,5,7-8H,4,6H2,1-2H3. The second kappa shape index (κ2) is 4.60. The van der Waals surface area contributed by atoms with Crippen molar-refractivity contribution in [2.45, 2.75) is 12.8 Å². The zero-order chi connectivity index (χ0) is 9.68. The average Bonchev–Trinajstić information content (AvgIpc) is 2.15. The molecule has 0 unspecified atom stereocenters. The van der Waals surface area contributed by atoms with Crippen molar-refractivity contribution < 1.29 is 4.79 Å². The van der Waals surface area contributed by atoms with Gasteiger partial charge >= 0.3 is 0 Å². The van der Waals surface area contributed by atoms with Crippen molar-refractivity contribution in [3.8, 4) is 0 Å². The minimum atomic E-state index is 0.562. The molecule has 3 heteroatoms. The van der Waals surface area contributed by atoms with Crippen LogP contribution in [0.5, 0.6) is 0 Å². The molecule has 0 N–H and O–H groups in total. The smallest absolute Gasteiger partial charge is 0.131 e. The predicted molar refractivity (Wildman–Crippen MR) is 52.9 cm³/mol. The van der Waals surface area contributed by atoms with Gasteiger partial charge in [-0.2, -0.15) is 0 Å². The minimum absolute atomic E-state index is 0.562. The molecular formula is C10H14N2O. The lowest BCUT2D eigenvalue weighted by Gasteiger charge is -2.14. The van der Waals surface area contributed by atoms with Gasteiger partial charge in [-0.25, -0.2) is 4.98 Å². The van der Waals surface area contributed by atoms with E-state index < -0.39 is 0 Å². The second-order valence-corrected chi connectivity index (χ2v) is 3.09. The first kappa shape index (κ1) is 9.71. The minimum Gasteiger partial charge on any atom is -0.363 e. The Morgan fingerprint density at radius 2 is 2.31 bits per heavy atom. The lowest BCUT2D eigenvalue weighted by molar-refractivity contribution is -0.107. The Morgan fingerprint density at radius 1 is 1.54 bits per heavy atom. The molecule has 0 saturated heterocycles. The van der Waals surface area contributed by atoms with Gasteiger partial charge in [0.05, 0.1) is 0 Å². The van der Waals surface area contributed by atoms with Gasteiger partial charge in [-0.3, -0.25) is 0 Å². The maximum absolute atomic E-state index is 10.2. The van der Waals surface area contributed by atoms with Gasteiger partial charge in [-0.1, -0.05) is 6.07 Å². The molecule has 3 nitrogen and oxygen atoms in total. The quantitative estimate of drug-likeness (QED) is 0.651. The van der Waals surface area contributed by atoms with Crippen molar-refractivity contribution in [2.24, 2.45) is 0 Å². The fourth-order valence-corrected chi connectivity index (χ4v) is 1.24. The summed E-state index contributed by atoms with van der Waals surface area (Å²) in [5, 5.41) is 0. The van der Waals surface area contributed by atoms with Gasteiger partial charge in [0.2, 0.25) is 0 Å². The molecule has 0 aromatic carbocycles. The number of nitrogens with zero attached hydrogens (tertiary/aromatic N) is 2. The van der Waals surface area contributed by atoms with Crippen molar-refractivity contribution in [1.82, 2.24) is 4.98 Å². The summed E-state index contributed by atoms with van der Waals surface area (Å²) in [6, 6.07) is 3.90. The van der Waals surface area contributed by atoms with Crippen LogP contribution in [0.15, 0.2) is 18.3 Å². The van der Waals surface area contributed by atoms with E-state index in [0.717, 1.165) is 24.1 Å². The molecule has 0 radical (unpaired) electrons. The topological polar surface area (TPSA) is 33.2 Å². The van der Waals surface area contributed by atoms with Crippen molar-refractivity contribution >= 4 is 12.1 Å². The van der Waals surface area contributed by atoms with Crippen LogP contribution < -0.4 is 4.90 Å². The molecule has 0 aliphatic carbocycles. The number of rotatable bonds is 4. The number of pyridine rings is 1. The van der Waals surface area contributed by atoms with Crippen LogP contribution in [0.25, 0.3) is 0 Å². The van der Waals surface area contributed by atoms with Gasteiger partial charge in [0.1, 0.15) is 12.1 Å². The van der Waals surface area contributed by atoms with Gasteiger partial charge < -0.3 is 9.69 Å². The molecule has 0 amide bonds. The summed E-state index contributed by atoms with van der Waals surface area (Å²) in [6.45, 7) is 0. The molecule has 70 valence electrons. The normalized spacial score (nSPS) is 9.69. The van der Waals surface area contributed by atoms with E-state index in [2.05, 4.69) is 4.98 Å². The number of aldehydes is 1. The number of hydrogen-bond acceptors (Lipinski definition) is 3. The average molecular weight is 178 g/mol. The SMILES string of the molecule is CN(C)c1ncccc1CCC=O. The van der Waals surface area contributed by atoms with Crippen LogP contribution in [0.4, 0.5) is 5.82 Å².